The van der Waals surface area contributed by atoms with E-state index in [0.717, 1.165) is 11.6 Å². The number of halogens is 1. The molecule has 0 aliphatic carbocycles. The normalized spacial score (nSPS) is 10.6. The maximum atomic E-state index is 11.2. The molecule has 0 amide bonds. The van der Waals surface area contributed by atoms with E-state index >= 15 is 0 Å². The second kappa shape index (κ2) is 34.9. The van der Waals surface area contributed by atoms with Crippen LogP contribution in [0.1, 0.15) is 88.5 Å². The summed E-state index contributed by atoms with van der Waals surface area (Å²) in [6.07, 6.45) is 6.48. The quantitative estimate of drug-likeness (QED) is 0.0564. The summed E-state index contributed by atoms with van der Waals surface area (Å²) >= 11 is 5.00. The number of hydrogen-bond donors (Lipinski definition) is 3. The van der Waals surface area contributed by atoms with Crippen LogP contribution in [0.25, 0.3) is 0 Å². The van der Waals surface area contributed by atoms with Crippen molar-refractivity contribution in [2.45, 2.75) is 78.8 Å². The van der Waals surface area contributed by atoms with Crippen molar-refractivity contribution in [3.8, 4) is 0 Å². The van der Waals surface area contributed by atoms with Crippen LogP contribution in [0.4, 0.5) is 5.95 Å². The van der Waals surface area contributed by atoms with Crippen molar-refractivity contribution < 1.29 is 45.3 Å². The molecule has 0 atom stereocenters. The van der Waals surface area contributed by atoms with Gasteiger partial charge in [-0.15, -0.1) is 61.2 Å². The number of sulfonamides is 1. The summed E-state index contributed by atoms with van der Waals surface area (Å²) < 4.78 is 84.4. The Morgan fingerprint density at radius 2 is 1.07 bits per heavy atom. The first-order valence-corrected chi connectivity index (χ1v) is 26.0. The van der Waals surface area contributed by atoms with Gasteiger partial charge in [-0.1, -0.05) is 7.43 Å². The summed E-state index contributed by atoms with van der Waals surface area (Å²) in [7, 11) is 11.3. The molecule has 37 heteroatoms. The lowest BCUT2D eigenvalue weighted by atomic mass is 10.5. The number of carbonyl (C=O) groups excluding carboxylic acids is 1. The molecular formula is C38H70ClN23O10S3. The third-order valence-corrected chi connectivity index (χ3v) is 11.6. The van der Waals surface area contributed by atoms with Crippen molar-refractivity contribution in [2.24, 2.45) is 49.3 Å². The van der Waals surface area contributed by atoms with E-state index in [0.29, 0.717) is 49.6 Å². The average molecular weight is 1140 g/mol. The Labute approximate surface area is 445 Å². The Morgan fingerprint density at radius 3 is 1.35 bits per heavy atom. The van der Waals surface area contributed by atoms with Crippen molar-refractivity contribution in [3.63, 3.8) is 0 Å². The molecule has 75 heavy (non-hydrogen) atoms. The highest BCUT2D eigenvalue weighted by atomic mass is 35.7. The SMILES string of the molecule is C.CCOC(=O)c1nncn1C.CCOC(OCC)c1n[nH]c(=S)n1C.CCOC(OCC)c1nnc(S(=O)(=O)Cl)n1C.CNS(=O)(=O)c1nncn1C.Cc1nncn1C.Cc1nncn1C.Cn1cnnc1N. The van der Waals surface area contributed by atoms with Gasteiger partial charge in [0.15, 0.2) is 16.4 Å². The highest BCUT2D eigenvalue weighted by Gasteiger charge is 2.26. The van der Waals surface area contributed by atoms with Gasteiger partial charge in [0.2, 0.25) is 24.4 Å². The first-order chi connectivity index (χ1) is 34.9. The van der Waals surface area contributed by atoms with Gasteiger partial charge in [-0.25, -0.2) is 26.4 Å². The molecule has 0 saturated heterocycles. The highest BCUT2D eigenvalue weighted by Crippen LogP contribution is 2.20. The van der Waals surface area contributed by atoms with Crippen LogP contribution in [0.15, 0.2) is 41.9 Å². The zero-order valence-corrected chi connectivity index (χ0v) is 47.0. The topological polar surface area (TPSA) is 387 Å². The third kappa shape index (κ3) is 23.3. The van der Waals surface area contributed by atoms with E-state index in [1.54, 1.807) is 70.0 Å². The summed E-state index contributed by atoms with van der Waals surface area (Å²) in [5.74, 6) is 3.05. The van der Waals surface area contributed by atoms with Gasteiger partial charge in [0.25, 0.3) is 29.4 Å². The predicted octanol–water partition coefficient (Wildman–Crippen LogP) is 1.36. The molecule has 7 rings (SSSR count). The van der Waals surface area contributed by atoms with Crippen LogP contribution < -0.4 is 10.5 Å². The minimum Gasteiger partial charge on any atom is -0.460 e. The molecule has 0 spiro atoms. The molecule has 0 aromatic carbocycles. The van der Waals surface area contributed by atoms with E-state index in [1.807, 2.05) is 58.0 Å². The number of nitrogens with zero attached hydrogens (tertiary/aromatic N) is 20. The second-order valence-electron chi connectivity index (χ2n) is 14.0. The number of anilines is 1. The van der Waals surface area contributed by atoms with Gasteiger partial charge in [-0.05, 0) is 67.7 Å². The molecule has 0 radical (unpaired) electrons. The highest BCUT2D eigenvalue weighted by molar-refractivity contribution is 8.13. The number of nitrogens with one attached hydrogen (secondary N) is 2. The number of nitrogen functional groups attached to an aromatic ring is 1. The minimum atomic E-state index is -3.93. The van der Waals surface area contributed by atoms with Gasteiger partial charge in [-0.2, -0.15) is 5.10 Å². The third-order valence-electron chi connectivity index (χ3n) is 8.67. The van der Waals surface area contributed by atoms with E-state index in [4.69, 9.17) is 52.3 Å². The number of ether oxygens (including phenoxy) is 5. The van der Waals surface area contributed by atoms with Crippen LogP contribution in [0.2, 0.25) is 0 Å². The van der Waals surface area contributed by atoms with E-state index in [2.05, 4.69) is 76.1 Å². The molecule has 7 heterocycles. The molecule has 0 aliphatic rings. The number of nitrogens with two attached hydrogens (primary N) is 1. The Bertz CT molecular complexity index is 2810. The summed E-state index contributed by atoms with van der Waals surface area (Å²) in [5.41, 5.74) is 5.23. The summed E-state index contributed by atoms with van der Waals surface area (Å²) in [4.78, 5) is 11.0. The second-order valence-corrected chi connectivity index (χ2v) is 18.6. The summed E-state index contributed by atoms with van der Waals surface area (Å²) in [5, 5.41) is 49.2. The molecule has 0 fully saturated rings. The number of hydrogen-bond acceptors (Lipinski definition) is 25. The van der Waals surface area contributed by atoms with E-state index in [-0.39, 0.29) is 29.4 Å². The number of H-pyrrole nitrogens is 1. The lowest BCUT2D eigenvalue weighted by molar-refractivity contribution is -0.146. The van der Waals surface area contributed by atoms with Crippen LogP contribution in [0, 0.1) is 18.6 Å². The number of aromatic nitrogens is 21. The van der Waals surface area contributed by atoms with Crippen molar-refractivity contribution in [2.75, 3.05) is 45.8 Å². The molecular weight excluding hydrogens is 1070 g/mol. The molecule has 422 valence electrons. The Kier molecular flexibility index (Phi) is 31.8. The molecule has 4 N–H and O–H groups in total. The van der Waals surface area contributed by atoms with Gasteiger partial charge >= 0.3 is 5.97 Å². The van der Waals surface area contributed by atoms with E-state index < -0.39 is 37.6 Å². The lowest BCUT2D eigenvalue weighted by Gasteiger charge is -2.15. The van der Waals surface area contributed by atoms with Crippen LogP contribution in [0.5, 0.6) is 0 Å². The summed E-state index contributed by atoms with van der Waals surface area (Å²) in [6.45, 7) is 15.3. The summed E-state index contributed by atoms with van der Waals surface area (Å²) in [6, 6.07) is 0. The first-order valence-electron chi connectivity index (χ1n) is 21.8. The zero-order valence-electron chi connectivity index (χ0n) is 43.8. The lowest BCUT2D eigenvalue weighted by Crippen LogP contribution is -2.22. The maximum absolute atomic E-state index is 11.2. The van der Waals surface area contributed by atoms with E-state index in [1.165, 1.54) is 40.5 Å². The Hall–Kier alpha value is -6.54. The monoisotopic (exact) mass is 1140 g/mol. The fourth-order valence-corrected chi connectivity index (χ4v) is 6.42. The van der Waals surface area contributed by atoms with Gasteiger partial charge in [0, 0.05) is 86.4 Å². The molecule has 0 unspecified atom stereocenters. The Morgan fingerprint density at radius 1 is 0.627 bits per heavy atom. The van der Waals surface area contributed by atoms with Crippen molar-refractivity contribution in [3.05, 3.63) is 65.5 Å². The number of carbonyl (C=O) groups is 1. The van der Waals surface area contributed by atoms with Crippen molar-refractivity contribution in [1.82, 2.24) is 108 Å². The van der Waals surface area contributed by atoms with Crippen LogP contribution >= 0.6 is 22.9 Å². The number of rotatable bonds is 15. The molecule has 0 saturated carbocycles. The molecule has 7 aromatic rings. The molecule has 33 nitrogen and oxygen atoms in total. The molecule has 0 bridgehead atoms. The fourth-order valence-electron chi connectivity index (χ4n) is 4.56. The first kappa shape index (κ1) is 68.5. The number of aryl methyl sites for hydroxylation is 7. The standard InChI is InChI=1S/C8H14ClN3O4S.C8H15N3O2S.C6H9N3O2.C4H8N4O2S.2C4H7N3.C3H6N4.CH4/c1-4-15-7(16-5-2)6-10-11-8(12(6)3)17(9,13)14;1-4-12-7(13-5-2)6-9-10-8(14)11(6)3;1-3-11-6(10)5-8-7-4-9(5)2;1-5-11(9,10)4-7-6-3-8(4)2;2*1-4-6-5-3-7(4)2;1-7-2-5-6-3(7)4;/h7H,4-5H2,1-3H3;7H,4-5H2,1-3H3,(H,10,14);4H,3H2,1-2H3;3,5H,1-2H3;2*3H,1-2H3;2H,1H3,(H2,4,6);1H4. The zero-order chi connectivity index (χ0) is 56.2. The Balaban J connectivity index is 0.000000870. The molecule has 7 aromatic heterocycles. The smallest absolute Gasteiger partial charge is 0.376 e. The average Bonchev–Trinajstić information content (AvgIpc) is 4.25. The number of aromatic amines is 1. The fraction of sp³-hybridized carbons (Fsp3) is 0.605. The number of esters is 1. The minimum absolute atomic E-state index is 0. The van der Waals surface area contributed by atoms with Gasteiger partial charge in [0.1, 0.15) is 43.3 Å². The van der Waals surface area contributed by atoms with Gasteiger partial charge < -0.3 is 56.8 Å². The van der Waals surface area contributed by atoms with Crippen molar-refractivity contribution >= 4 is 53.9 Å². The van der Waals surface area contributed by atoms with Crippen LogP contribution in [0.3, 0.4) is 0 Å². The maximum Gasteiger partial charge on any atom is 0.376 e. The van der Waals surface area contributed by atoms with Crippen LogP contribution in [-0.2, 0) is 92.1 Å². The van der Waals surface area contributed by atoms with Gasteiger partial charge in [-0.3, -0.25) is 9.67 Å². The predicted molar refractivity (Wildman–Crippen MR) is 272 cm³/mol. The van der Waals surface area contributed by atoms with Crippen molar-refractivity contribution in [1.29, 1.82) is 0 Å². The van der Waals surface area contributed by atoms with E-state index in [9.17, 15) is 21.6 Å². The molecule has 0 aliphatic heterocycles. The largest absolute Gasteiger partial charge is 0.460 e. The van der Waals surface area contributed by atoms with Crippen LogP contribution in [-0.4, -0.2) is 166 Å². The van der Waals surface area contributed by atoms with Gasteiger partial charge in [0.05, 0.1) is 6.61 Å².